The first-order valence-corrected chi connectivity index (χ1v) is 6.60. The van der Waals surface area contributed by atoms with Crippen molar-refractivity contribution in [2.45, 2.75) is 6.42 Å². The van der Waals surface area contributed by atoms with Gasteiger partial charge in [-0.3, -0.25) is 10.1 Å². The third kappa shape index (κ3) is 3.63. The predicted octanol–water partition coefficient (Wildman–Crippen LogP) is 3.97. The number of benzene rings is 2. The Morgan fingerprint density at radius 3 is 2.12 bits per heavy atom. The van der Waals surface area contributed by atoms with Gasteiger partial charge in [0.05, 0.1) is 11.5 Å². The summed E-state index contributed by atoms with van der Waals surface area (Å²) in [5.41, 5.74) is -1.19. The van der Waals surface area contributed by atoms with Gasteiger partial charge in [-0.2, -0.15) is 17.6 Å². The summed E-state index contributed by atoms with van der Waals surface area (Å²) in [6.07, 6.45) is 0.0218. The van der Waals surface area contributed by atoms with Crippen LogP contribution in [-0.4, -0.2) is 11.5 Å². The molecule has 124 valence electrons. The topological polar surface area (TPSA) is 52.4 Å². The molecule has 0 spiro atoms. The number of rotatable bonds is 4. The van der Waals surface area contributed by atoms with Crippen molar-refractivity contribution in [3.63, 3.8) is 0 Å². The fourth-order valence-corrected chi connectivity index (χ4v) is 1.78. The lowest BCUT2D eigenvalue weighted by atomic mass is 10.2. The van der Waals surface area contributed by atoms with E-state index in [1.165, 1.54) is 0 Å². The summed E-state index contributed by atoms with van der Waals surface area (Å²) < 4.78 is 58.7. The monoisotopic (exact) mass is 339 g/mol. The van der Waals surface area contributed by atoms with E-state index in [2.05, 4.69) is 16.6 Å². The minimum absolute atomic E-state index is 0.0218. The summed E-state index contributed by atoms with van der Waals surface area (Å²) in [5.74, 6) is -4.11. The molecule has 0 saturated carbocycles. The molecule has 2 aromatic carbocycles. The molecule has 0 bridgehead atoms. The van der Waals surface area contributed by atoms with Crippen molar-refractivity contribution < 1.29 is 27.2 Å². The highest BCUT2D eigenvalue weighted by Gasteiger charge is 2.33. The summed E-state index contributed by atoms with van der Waals surface area (Å²) in [5, 5.41) is 10.4. The lowest BCUT2D eigenvalue weighted by Gasteiger charge is -2.08. The number of hydrogen-bond acceptors (Lipinski definition) is 3. The third-order valence-corrected chi connectivity index (χ3v) is 2.86. The summed E-state index contributed by atoms with van der Waals surface area (Å²) in [6.45, 7) is -0.357. The largest absolute Gasteiger partial charge is 0.486 e. The van der Waals surface area contributed by atoms with E-state index in [0.29, 0.717) is 5.56 Å². The van der Waals surface area contributed by atoms with Gasteiger partial charge < -0.3 is 4.74 Å². The normalized spacial score (nSPS) is 10.0. The summed E-state index contributed by atoms with van der Waals surface area (Å²) >= 11 is 0. The zero-order chi connectivity index (χ0) is 17.7. The van der Waals surface area contributed by atoms with Crippen molar-refractivity contribution >= 4 is 5.69 Å². The van der Waals surface area contributed by atoms with E-state index in [0.717, 1.165) is 0 Å². The molecule has 0 aliphatic rings. The maximum atomic E-state index is 13.6. The predicted molar refractivity (Wildman–Crippen MR) is 76.4 cm³/mol. The highest BCUT2D eigenvalue weighted by Crippen LogP contribution is 2.34. The van der Waals surface area contributed by atoms with Gasteiger partial charge in [0, 0.05) is 12.0 Å². The van der Waals surface area contributed by atoms with Crippen LogP contribution in [0.5, 0.6) is 5.75 Å². The molecule has 8 heteroatoms. The Balaban J connectivity index is 2.11. The average Bonchev–Trinajstić information content (AvgIpc) is 2.56. The zero-order valence-electron chi connectivity index (χ0n) is 12.0. The van der Waals surface area contributed by atoms with E-state index in [1.54, 1.807) is 30.3 Å². The lowest BCUT2D eigenvalue weighted by molar-refractivity contribution is -0.390. The fourth-order valence-electron chi connectivity index (χ4n) is 1.78. The Kier molecular flexibility index (Phi) is 5.37. The smallest absolute Gasteiger partial charge is 0.346 e. The molecule has 0 heterocycles. The van der Waals surface area contributed by atoms with Gasteiger partial charge in [0.25, 0.3) is 0 Å². The first-order chi connectivity index (χ1) is 11.4. The quantitative estimate of drug-likeness (QED) is 0.211. The summed E-state index contributed by atoms with van der Waals surface area (Å²) in [7, 11) is 0. The maximum Gasteiger partial charge on any atom is 0.346 e. The standard InChI is InChI=1S/C16H9F4NO3/c17-11-13(19)16(14(20)12(18)15(11)21(22)23)24-9-5-4-8-10-6-2-1-3-7-10/h1-3,6-7H,5,9H2. The van der Waals surface area contributed by atoms with E-state index in [1.807, 2.05) is 0 Å². The molecule has 0 atom stereocenters. The van der Waals surface area contributed by atoms with E-state index < -0.39 is 39.6 Å². The van der Waals surface area contributed by atoms with Crippen LogP contribution in [0, 0.1) is 45.2 Å². The van der Waals surface area contributed by atoms with Crippen molar-refractivity contribution in [3.05, 3.63) is 69.3 Å². The van der Waals surface area contributed by atoms with Crippen LogP contribution in [0.1, 0.15) is 12.0 Å². The first kappa shape index (κ1) is 17.3. The number of nitrogens with zero attached hydrogens (tertiary/aromatic N) is 1. The molecule has 0 unspecified atom stereocenters. The van der Waals surface area contributed by atoms with Crippen molar-refractivity contribution in [1.82, 2.24) is 0 Å². The molecule has 0 aromatic heterocycles. The second kappa shape index (κ2) is 7.46. The van der Waals surface area contributed by atoms with Crippen LogP contribution in [0.3, 0.4) is 0 Å². The summed E-state index contributed by atoms with van der Waals surface area (Å²) in [6, 6.07) is 8.83. The average molecular weight is 339 g/mol. The highest BCUT2D eigenvalue weighted by molar-refractivity contribution is 5.42. The van der Waals surface area contributed by atoms with Gasteiger partial charge in [-0.1, -0.05) is 30.0 Å². The summed E-state index contributed by atoms with van der Waals surface area (Å²) in [4.78, 5) is 8.88. The van der Waals surface area contributed by atoms with Crippen LogP contribution in [-0.2, 0) is 0 Å². The molecule has 0 saturated heterocycles. The van der Waals surface area contributed by atoms with Crippen LogP contribution in [0.25, 0.3) is 0 Å². The maximum absolute atomic E-state index is 13.6. The fraction of sp³-hybridized carbons (Fsp3) is 0.125. The minimum Gasteiger partial charge on any atom is -0.486 e. The SMILES string of the molecule is O=[N+]([O-])c1c(F)c(F)c(OCCC#Cc2ccccc2)c(F)c1F. The Labute approximate surface area is 133 Å². The van der Waals surface area contributed by atoms with Crippen molar-refractivity contribution in [2.75, 3.05) is 6.61 Å². The molecule has 0 amide bonds. The Bertz CT molecular complexity index is 800. The van der Waals surface area contributed by atoms with Gasteiger partial charge in [0.15, 0.2) is 5.75 Å². The molecule has 0 aliphatic carbocycles. The van der Waals surface area contributed by atoms with Gasteiger partial charge in [-0.15, -0.1) is 0 Å². The number of nitro benzene ring substituents is 1. The first-order valence-electron chi connectivity index (χ1n) is 6.60. The van der Waals surface area contributed by atoms with Crippen LogP contribution in [0.2, 0.25) is 0 Å². The molecule has 0 radical (unpaired) electrons. The van der Waals surface area contributed by atoms with Crippen LogP contribution >= 0.6 is 0 Å². The van der Waals surface area contributed by atoms with Gasteiger partial charge in [0.1, 0.15) is 0 Å². The molecule has 0 aliphatic heterocycles. The zero-order valence-corrected chi connectivity index (χ0v) is 12.0. The second-order valence-corrected chi connectivity index (χ2v) is 4.46. The number of nitro groups is 1. The highest BCUT2D eigenvalue weighted by atomic mass is 19.2. The van der Waals surface area contributed by atoms with Gasteiger partial charge in [-0.05, 0) is 12.1 Å². The van der Waals surface area contributed by atoms with Crippen LogP contribution in [0.15, 0.2) is 30.3 Å². The minimum atomic E-state index is -2.12. The Morgan fingerprint density at radius 1 is 1.00 bits per heavy atom. The Hall–Kier alpha value is -3.08. The number of hydrogen-bond donors (Lipinski definition) is 0. The molecular weight excluding hydrogens is 330 g/mol. The molecule has 2 aromatic rings. The van der Waals surface area contributed by atoms with Crippen molar-refractivity contribution in [2.24, 2.45) is 0 Å². The van der Waals surface area contributed by atoms with E-state index in [-0.39, 0.29) is 13.0 Å². The number of halogens is 4. The van der Waals surface area contributed by atoms with Gasteiger partial charge in [-0.25, -0.2) is 0 Å². The second-order valence-electron chi connectivity index (χ2n) is 4.46. The molecule has 4 nitrogen and oxygen atoms in total. The molecule has 0 N–H and O–H groups in total. The molecule has 2 rings (SSSR count). The molecule has 0 fully saturated rings. The molecular formula is C16H9F4NO3. The van der Waals surface area contributed by atoms with E-state index >= 15 is 0 Å². The lowest BCUT2D eigenvalue weighted by Crippen LogP contribution is -2.08. The van der Waals surface area contributed by atoms with Crippen LogP contribution < -0.4 is 4.74 Å². The van der Waals surface area contributed by atoms with Gasteiger partial charge in [0.2, 0.25) is 23.3 Å². The van der Waals surface area contributed by atoms with Crippen molar-refractivity contribution in [1.29, 1.82) is 0 Å². The Morgan fingerprint density at radius 2 is 1.58 bits per heavy atom. The van der Waals surface area contributed by atoms with Crippen LogP contribution in [0.4, 0.5) is 23.2 Å². The molecule has 24 heavy (non-hydrogen) atoms. The third-order valence-electron chi connectivity index (χ3n) is 2.86. The number of ether oxygens (including phenoxy) is 1. The van der Waals surface area contributed by atoms with Gasteiger partial charge >= 0.3 is 5.69 Å². The van der Waals surface area contributed by atoms with E-state index in [4.69, 9.17) is 0 Å². The van der Waals surface area contributed by atoms with Crippen molar-refractivity contribution in [3.8, 4) is 17.6 Å². The van der Waals surface area contributed by atoms with E-state index in [9.17, 15) is 27.7 Å².